The Bertz CT molecular complexity index is 445. The average molecular weight is 225 g/mol. The summed E-state index contributed by atoms with van der Waals surface area (Å²) in [5, 5.41) is 0. The standard InChI is InChI=1S/C16H19N/c1-13-3-6-15(7-4-13)8-5-14(2)16-9-11-17-12-10-16/h3-4,6-7,9-12,14H,5,8H2,1-2H3. The summed E-state index contributed by atoms with van der Waals surface area (Å²) in [4.78, 5) is 4.06. The normalized spacial score (nSPS) is 12.4. The Morgan fingerprint density at radius 1 is 1.00 bits per heavy atom. The molecule has 0 aliphatic heterocycles. The molecule has 0 amide bonds. The zero-order chi connectivity index (χ0) is 12.1. The van der Waals surface area contributed by atoms with Gasteiger partial charge >= 0.3 is 0 Å². The minimum Gasteiger partial charge on any atom is -0.265 e. The molecule has 1 aromatic carbocycles. The zero-order valence-corrected chi connectivity index (χ0v) is 10.6. The molecule has 0 bridgehead atoms. The molecule has 17 heavy (non-hydrogen) atoms. The highest BCUT2D eigenvalue weighted by Gasteiger charge is 2.05. The van der Waals surface area contributed by atoms with Crippen LogP contribution >= 0.6 is 0 Å². The highest BCUT2D eigenvalue weighted by atomic mass is 14.6. The maximum atomic E-state index is 4.06. The van der Waals surface area contributed by atoms with Gasteiger partial charge in [-0.1, -0.05) is 36.8 Å². The monoisotopic (exact) mass is 225 g/mol. The lowest BCUT2D eigenvalue weighted by Gasteiger charge is -2.11. The van der Waals surface area contributed by atoms with E-state index in [1.54, 1.807) is 0 Å². The van der Waals surface area contributed by atoms with Gasteiger partial charge in [-0.3, -0.25) is 4.98 Å². The third kappa shape index (κ3) is 3.42. The van der Waals surface area contributed by atoms with Crippen LogP contribution in [0.2, 0.25) is 0 Å². The van der Waals surface area contributed by atoms with E-state index in [9.17, 15) is 0 Å². The van der Waals surface area contributed by atoms with Gasteiger partial charge in [-0.15, -0.1) is 0 Å². The van der Waals surface area contributed by atoms with Gasteiger partial charge in [0.2, 0.25) is 0 Å². The predicted octanol–water partition coefficient (Wildman–Crippen LogP) is 4.13. The summed E-state index contributed by atoms with van der Waals surface area (Å²) in [6.45, 7) is 4.41. The molecule has 2 rings (SSSR count). The van der Waals surface area contributed by atoms with Crippen molar-refractivity contribution in [2.24, 2.45) is 0 Å². The number of nitrogens with zero attached hydrogens (tertiary/aromatic N) is 1. The first-order valence-corrected chi connectivity index (χ1v) is 6.21. The zero-order valence-electron chi connectivity index (χ0n) is 10.6. The lowest BCUT2D eigenvalue weighted by atomic mass is 9.95. The van der Waals surface area contributed by atoms with E-state index in [1.165, 1.54) is 23.1 Å². The van der Waals surface area contributed by atoms with Crippen LogP contribution in [-0.2, 0) is 6.42 Å². The largest absolute Gasteiger partial charge is 0.265 e. The van der Waals surface area contributed by atoms with Crippen molar-refractivity contribution >= 4 is 0 Å². The van der Waals surface area contributed by atoms with Crippen LogP contribution < -0.4 is 0 Å². The smallest absolute Gasteiger partial charge is 0.0270 e. The molecule has 1 unspecified atom stereocenters. The Morgan fingerprint density at radius 3 is 2.29 bits per heavy atom. The van der Waals surface area contributed by atoms with Crippen molar-refractivity contribution in [1.82, 2.24) is 4.98 Å². The van der Waals surface area contributed by atoms with Crippen LogP contribution in [0.15, 0.2) is 48.8 Å². The lowest BCUT2D eigenvalue weighted by Crippen LogP contribution is -1.96. The molecule has 0 aliphatic carbocycles. The summed E-state index contributed by atoms with van der Waals surface area (Å²) in [6, 6.07) is 13.1. The fourth-order valence-corrected chi connectivity index (χ4v) is 2.00. The summed E-state index contributed by atoms with van der Waals surface area (Å²) < 4.78 is 0. The van der Waals surface area contributed by atoms with E-state index in [2.05, 4.69) is 55.2 Å². The fraction of sp³-hybridized carbons (Fsp3) is 0.312. The summed E-state index contributed by atoms with van der Waals surface area (Å²) in [7, 11) is 0. The van der Waals surface area contributed by atoms with Crippen LogP contribution in [-0.4, -0.2) is 4.98 Å². The number of rotatable bonds is 4. The molecule has 0 saturated heterocycles. The Balaban J connectivity index is 1.92. The molecule has 0 radical (unpaired) electrons. The van der Waals surface area contributed by atoms with Crippen molar-refractivity contribution in [3.8, 4) is 0 Å². The topological polar surface area (TPSA) is 12.9 Å². The minimum atomic E-state index is 0.597. The average Bonchev–Trinajstić information content (AvgIpc) is 2.39. The molecule has 1 atom stereocenters. The molecule has 0 N–H and O–H groups in total. The van der Waals surface area contributed by atoms with Crippen LogP contribution in [0.1, 0.15) is 36.0 Å². The van der Waals surface area contributed by atoms with Gasteiger partial charge in [-0.2, -0.15) is 0 Å². The van der Waals surface area contributed by atoms with E-state index < -0.39 is 0 Å². The van der Waals surface area contributed by atoms with E-state index in [1.807, 2.05) is 12.4 Å². The Labute approximate surface area is 104 Å². The van der Waals surface area contributed by atoms with Crippen molar-refractivity contribution in [1.29, 1.82) is 0 Å². The molecule has 88 valence electrons. The molecule has 1 heteroatoms. The van der Waals surface area contributed by atoms with Crippen LogP contribution in [0.4, 0.5) is 0 Å². The van der Waals surface area contributed by atoms with Crippen molar-refractivity contribution in [2.45, 2.75) is 32.6 Å². The molecule has 0 aliphatic rings. The van der Waals surface area contributed by atoms with Gasteiger partial charge in [0.05, 0.1) is 0 Å². The highest BCUT2D eigenvalue weighted by molar-refractivity contribution is 5.22. The quantitative estimate of drug-likeness (QED) is 0.762. The van der Waals surface area contributed by atoms with Crippen molar-refractivity contribution in [3.63, 3.8) is 0 Å². The summed E-state index contributed by atoms with van der Waals surface area (Å²) in [5.41, 5.74) is 4.14. The second kappa shape index (κ2) is 5.62. The van der Waals surface area contributed by atoms with E-state index >= 15 is 0 Å². The minimum absolute atomic E-state index is 0.597. The maximum absolute atomic E-state index is 4.06. The van der Waals surface area contributed by atoms with E-state index in [4.69, 9.17) is 0 Å². The fourth-order valence-electron chi connectivity index (χ4n) is 2.00. The third-order valence-corrected chi connectivity index (χ3v) is 3.26. The predicted molar refractivity (Wildman–Crippen MR) is 72.2 cm³/mol. The van der Waals surface area contributed by atoms with Gasteiger partial charge in [-0.25, -0.2) is 0 Å². The molecule has 0 spiro atoms. The van der Waals surface area contributed by atoms with Crippen LogP contribution in [0.25, 0.3) is 0 Å². The summed E-state index contributed by atoms with van der Waals surface area (Å²) in [5.74, 6) is 0.597. The lowest BCUT2D eigenvalue weighted by molar-refractivity contribution is 0.678. The molecule has 1 heterocycles. The van der Waals surface area contributed by atoms with E-state index in [-0.39, 0.29) is 0 Å². The van der Waals surface area contributed by atoms with Gasteiger partial charge in [0.15, 0.2) is 0 Å². The number of hydrogen-bond donors (Lipinski definition) is 0. The first-order chi connectivity index (χ1) is 8.25. The van der Waals surface area contributed by atoms with Gasteiger partial charge in [0, 0.05) is 12.4 Å². The van der Waals surface area contributed by atoms with Crippen molar-refractivity contribution < 1.29 is 0 Å². The Hall–Kier alpha value is -1.63. The number of hydrogen-bond acceptors (Lipinski definition) is 1. The van der Waals surface area contributed by atoms with E-state index in [0.717, 1.165) is 6.42 Å². The van der Waals surface area contributed by atoms with Crippen molar-refractivity contribution in [3.05, 3.63) is 65.5 Å². The molecular weight excluding hydrogens is 206 g/mol. The third-order valence-electron chi connectivity index (χ3n) is 3.26. The Morgan fingerprint density at radius 2 is 1.65 bits per heavy atom. The first-order valence-electron chi connectivity index (χ1n) is 6.21. The Kier molecular flexibility index (Phi) is 3.92. The van der Waals surface area contributed by atoms with Gasteiger partial charge in [0.25, 0.3) is 0 Å². The van der Waals surface area contributed by atoms with Crippen molar-refractivity contribution in [2.75, 3.05) is 0 Å². The first kappa shape index (κ1) is 11.8. The molecule has 0 saturated carbocycles. The van der Waals surface area contributed by atoms with Crippen LogP contribution in [0.5, 0.6) is 0 Å². The second-order valence-corrected chi connectivity index (χ2v) is 4.71. The molecular formula is C16H19N. The number of aromatic nitrogens is 1. The molecule has 0 fully saturated rings. The summed E-state index contributed by atoms with van der Waals surface area (Å²) >= 11 is 0. The highest BCUT2D eigenvalue weighted by Crippen LogP contribution is 2.20. The summed E-state index contributed by atoms with van der Waals surface area (Å²) in [6.07, 6.45) is 6.08. The second-order valence-electron chi connectivity index (χ2n) is 4.71. The van der Waals surface area contributed by atoms with Gasteiger partial charge in [0.1, 0.15) is 0 Å². The van der Waals surface area contributed by atoms with Gasteiger partial charge in [-0.05, 0) is 48.9 Å². The van der Waals surface area contributed by atoms with Crippen LogP contribution in [0.3, 0.4) is 0 Å². The number of pyridine rings is 1. The van der Waals surface area contributed by atoms with E-state index in [0.29, 0.717) is 5.92 Å². The molecule has 1 aromatic heterocycles. The SMILES string of the molecule is Cc1ccc(CCC(C)c2ccncc2)cc1. The van der Waals surface area contributed by atoms with Crippen LogP contribution in [0, 0.1) is 6.92 Å². The molecule has 1 nitrogen and oxygen atoms in total. The number of aryl methyl sites for hydroxylation is 2. The van der Waals surface area contributed by atoms with Gasteiger partial charge < -0.3 is 0 Å². The maximum Gasteiger partial charge on any atom is 0.0270 e. The molecule has 2 aromatic rings. The number of benzene rings is 1.